The topological polar surface area (TPSA) is 86.7 Å². The van der Waals surface area contributed by atoms with Crippen molar-refractivity contribution >= 4 is 51.2 Å². The number of hydrogen-bond acceptors (Lipinski definition) is 5. The molecule has 5 rings (SSSR count). The Bertz CT molecular complexity index is 1440. The van der Waals surface area contributed by atoms with Crippen molar-refractivity contribution in [2.75, 3.05) is 0 Å². The minimum Gasteiger partial charge on any atom is -0.275 e. The van der Waals surface area contributed by atoms with Gasteiger partial charge in [-0.1, -0.05) is 47.5 Å². The number of para-hydroxylation sites is 2. The van der Waals surface area contributed by atoms with Crippen molar-refractivity contribution in [3.63, 3.8) is 0 Å². The van der Waals surface area contributed by atoms with Crippen LogP contribution in [0.1, 0.15) is 0 Å². The van der Waals surface area contributed by atoms with Crippen LogP contribution in [0.4, 0.5) is 5.69 Å². The highest BCUT2D eigenvalue weighted by Crippen LogP contribution is 2.32. The molecule has 0 aliphatic carbocycles. The van der Waals surface area contributed by atoms with E-state index in [0.29, 0.717) is 49.4 Å². The second-order valence-electron chi connectivity index (χ2n) is 6.57. The Kier molecular flexibility index (Phi) is 4.34. The first-order chi connectivity index (χ1) is 14.5. The van der Waals surface area contributed by atoms with E-state index in [1.165, 1.54) is 12.1 Å². The minimum atomic E-state index is -0.447. The molecule has 9 heteroatoms. The molecular weight excluding hydrogens is 425 g/mol. The first-order valence-corrected chi connectivity index (χ1v) is 9.62. The lowest BCUT2D eigenvalue weighted by Crippen LogP contribution is -2.00. The van der Waals surface area contributed by atoms with Crippen LogP contribution < -0.4 is 0 Å². The number of hydrogen-bond donors (Lipinski definition) is 0. The van der Waals surface area contributed by atoms with Gasteiger partial charge in [0, 0.05) is 27.7 Å². The molecule has 0 saturated heterocycles. The molecule has 0 saturated carbocycles. The van der Waals surface area contributed by atoms with Crippen LogP contribution in [0, 0.1) is 10.1 Å². The Morgan fingerprint density at radius 2 is 1.53 bits per heavy atom. The first-order valence-electron chi connectivity index (χ1n) is 8.86. The van der Waals surface area contributed by atoms with Crippen LogP contribution in [0.15, 0.2) is 66.7 Å². The summed E-state index contributed by atoms with van der Waals surface area (Å²) in [6.07, 6.45) is 0. The van der Waals surface area contributed by atoms with Crippen LogP contribution in [0.2, 0.25) is 10.0 Å². The van der Waals surface area contributed by atoms with E-state index in [4.69, 9.17) is 28.2 Å². The van der Waals surface area contributed by atoms with Gasteiger partial charge in [0.05, 0.1) is 21.6 Å². The molecule has 30 heavy (non-hydrogen) atoms. The van der Waals surface area contributed by atoms with Gasteiger partial charge in [0.25, 0.3) is 5.69 Å². The molecule has 0 atom stereocenters. The maximum Gasteiger partial charge on any atom is 0.270 e. The van der Waals surface area contributed by atoms with Gasteiger partial charge in [0.2, 0.25) is 0 Å². The van der Waals surface area contributed by atoms with Gasteiger partial charge in [-0.2, -0.15) is 0 Å². The molecular formula is C21H11Cl2N5O2. The maximum atomic E-state index is 11.3. The molecule has 7 nitrogen and oxygen atoms in total. The first kappa shape index (κ1) is 18.5. The van der Waals surface area contributed by atoms with Crippen LogP contribution in [-0.2, 0) is 0 Å². The highest BCUT2D eigenvalue weighted by atomic mass is 35.5. The standard InChI is InChI=1S/C21H11Cl2N5O2/c22-13-9-14(23)11-16(10-13)27-20(12-4-3-5-15(8-12)28(29)30)26-19-21(27)25-18-7-2-1-6-17(18)24-19/h1-11H. The zero-order valence-electron chi connectivity index (χ0n) is 15.2. The van der Waals surface area contributed by atoms with E-state index >= 15 is 0 Å². The van der Waals surface area contributed by atoms with Crippen molar-refractivity contribution < 1.29 is 4.92 Å². The number of halogens is 2. The molecule has 0 spiro atoms. The summed E-state index contributed by atoms with van der Waals surface area (Å²) >= 11 is 12.5. The highest BCUT2D eigenvalue weighted by molar-refractivity contribution is 6.34. The summed E-state index contributed by atoms with van der Waals surface area (Å²) in [5, 5.41) is 12.2. The Morgan fingerprint density at radius 1 is 0.833 bits per heavy atom. The summed E-state index contributed by atoms with van der Waals surface area (Å²) < 4.78 is 1.76. The van der Waals surface area contributed by atoms with Gasteiger partial charge in [0.1, 0.15) is 5.82 Å². The zero-order valence-corrected chi connectivity index (χ0v) is 16.7. The predicted molar refractivity (Wildman–Crippen MR) is 116 cm³/mol. The second kappa shape index (κ2) is 7.05. The van der Waals surface area contributed by atoms with E-state index in [1.54, 1.807) is 34.9 Å². The number of imidazole rings is 1. The van der Waals surface area contributed by atoms with Gasteiger partial charge in [-0.3, -0.25) is 14.7 Å². The normalized spacial score (nSPS) is 11.3. The van der Waals surface area contributed by atoms with Gasteiger partial charge in [-0.05, 0) is 30.3 Å². The van der Waals surface area contributed by atoms with E-state index < -0.39 is 4.92 Å². The molecule has 0 aliphatic rings. The van der Waals surface area contributed by atoms with E-state index in [1.807, 2.05) is 24.3 Å². The molecule has 146 valence electrons. The second-order valence-corrected chi connectivity index (χ2v) is 7.44. The number of nitro benzene ring substituents is 1. The average Bonchev–Trinajstić information content (AvgIpc) is 3.09. The quantitative estimate of drug-likeness (QED) is 0.262. The summed E-state index contributed by atoms with van der Waals surface area (Å²) in [6, 6.07) is 18.8. The lowest BCUT2D eigenvalue weighted by atomic mass is 10.2. The van der Waals surface area contributed by atoms with Crippen LogP contribution in [0.25, 0.3) is 39.4 Å². The summed E-state index contributed by atoms with van der Waals surface area (Å²) in [5.74, 6) is 0.447. The fraction of sp³-hybridized carbons (Fsp3) is 0. The molecule has 0 bridgehead atoms. The van der Waals surface area contributed by atoms with Crippen LogP contribution in [-0.4, -0.2) is 24.4 Å². The van der Waals surface area contributed by atoms with Crippen molar-refractivity contribution in [2.45, 2.75) is 0 Å². The third-order valence-electron chi connectivity index (χ3n) is 4.59. The fourth-order valence-corrected chi connectivity index (χ4v) is 3.84. The molecule has 0 N–H and O–H groups in total. The monoisotopic (exact) mass is 435 g/mol. The van der Waals surface area contributed by atoms with Gasteiger partial charge >= 0.3 is 0 Å². The van der Waals surface area contributed by atoms with Gasteiger partial charge < -0.3 is 0 Å². The van der Waals surface area contributed by atoms with Crippen molar-refractivity contribution in [3.8, 4) is 17.1 Å². The van der Waals surface area contributed by atoms with E-state index in [2.05, 4.69) is 9.97 Å². The Balaban J connectivity index is 1.88. The number of nitrogens with zero attached hydrogens (tertiary/aromatic N) is 5. The Hall–Kier alpha value is -3.55. The smallest absolute Gasteiger partial charge is 0.270 e. The lowest BCUT2D eigenvalue weighted by Gasteiger charge is -2.10. The van der Waals surface area contributed by atoms with Crippen LogP contribution >= 0.6 is 23.2 Å². The van der Waals surface area contributed by atoms with Crippen molar-refractivity contribution in [1.82, 2.24) is 19.5 Å². The molecule has 0 fully saturated rings. The summed E-state index contributed by atoms with van der Waals surface area (Å²) in [6.45, 7) is 0. The van der Waals surface area contributed by atoms with Crippen molar-refractivity contribution in [2.24, 2.45) is 0 Å². The number of rotatable bonds is 3. The third kappa shape index (κ3) is 3.14. The predicted octanol–water partition coefficient (Wildman–Crippen LogP) is 5.85. The number of non-ortho nitro benzene ring substituents is 1. The fourth-order valence-electron chi connectivity index (χ4n) is 3.32. The number of aromatic nitrogens is 4. The van der Waals surface area contributed by atoms with E-state index in [-0.39, 0.29) is 5.69 Å². The zero-order chi connectivity index (χ0) is 20.8. The SMILES string of the molecule is O=[N+]([O-])c1cccc(-c2nc3nc4ccccc4nc3n2-c2cc(Cl)cc(Cl)c2)c1. The molecule has 2 aromatic heterocycles. The van der Waals surface area contributed by atoms with E-state index in [0.717, 1.165) is 0 Å². The molecule has 0 unspecified atom stereocenters. The number of benzene rings is 3. The molecule has 3 aromatic carbocycles. The largest absolute Gasteiger partial charge is 0.275 e. The maximum absolute atomic E-state index is 11.3. The van der Waals surface area contributed by atoms with Crippen molar-refractivity contribution in [1.29, 1.82) is 0 Å². The molecule has 2 heterocycles. The third-order valence-corrected chi connectivity index (χ3v) is 5.03. The molecule has 0 radical (unpaired) electrons. The lowest BCUT2D eigenvalue weighted by molar-refractivity contribution is -0.384. The van der Waals surface area contributed by atoms with Crippen molar-refractivity contribution in [3.05, 3.63) is 86.9 Å². The van der Waals surface area contributed by atoms with Gasteiger partial charge in [0.15, 0.2) is 11.3 Å². The van der Waals surface area contributed by atoms with Gasteiger partial charge in [-0.25, -0.2) is 15.0 Å². The minimum absolute atomic E-state index is 0.0405. The molecule has 5 aromatic rings. The number of fused-ring (bicyclic) bond motifs is 2. The molecule has 0 amide bonds. The van der Waals surface area contributed by atoms with Gasteiger partial charge in [-0.15, -0.1) is 0 Å². The summed E-state index contributed by atoms with van der Waals surface area (Å²) in [7, 11) is 0. The number of nitro groups is 1. The Labute approximate surface area is 179 Å². The molecule has 0 aliphatic heterocycles. The summed E-state index contributed by atoms with van der Waals surface area (Å²) in [5.41, 5.74) is 3.43. The highest BCUT2D eigenvalue weighted by Gasteiger charge is 2.20. The van der Waals surface area contributed by atoms with Crippen LogP contribution in [0.3, 0.4) is 0 Å². The van der Waals surface area contributed by atoms with Crippen LogP contribution in [0.5, 0.6) is 0 Å². The summed E-state index contributed by atoms with van der Waals surface area (Å²) in [4.78, 5) is 24.8. The average molecular weight is 436 g/mol. The van der Waals surface area contributed by atoms with E-state index in [9.17, 15) is 10.1 Å². The Morgan fingerprint density at radius 3 is 2.23 bits per heavy atom.